The number of imidazole rings is 1. The van der Waals surface area contributed by atoms with E-state index in [-0.39, 0.29) is 5.91 Å². The molecule has 0 bridgehead atoms. The predicted molar refractivity (Wildman–Crippen MR) is 110 cm³/mol. The molecule has 30 heavy (non-hydrogen) atoms. The van der Waals surface area contributed by atoms with Gasteiger partial charge < -0.3 is 9.84 Å². The van der Waals surface area contributed by atoms with Crippen LogP contribution in [0.1, 0.15) is 46.2 Å². The van der Waals surface area contributed by atoms with Gasteiger partial charge in [-0.2, -0.15) is 4.98 Å². The summed E-state index contributed by atoms with van der Waals surface area (Å²) in [6.07, 6.45) is 7.11. The Balaban J connectivity index is 1.37. The van der Waals surface area contributed by atoms with Gasteiger partial charge >= 0.3 is 0 Å². The molecule has 0 radical (unpaired) electrons. The fourth-order valence-corrected chi connectivity index (χ4v) is 3.19. The van der Waals surface area contributed by atoms with Crippen LogP contribution < -0.4 is 5.32 Å². The Hall–Kier alpha value is -3.81. The minimum absolute atomic E-state index is 0.274. The average molecular weight is 400 g/mol. The van der Waals surface area contributed by atoms with Crippen LogP contribution in [-0.2, 0) is 0 Å². The van der Waals surface area contributed by atoms with Crippen LogP contribution in [0, 0.1) is 13.8 Å². The van der Waals surface area contributed by atoms with Crippen molar-refractivity contribution in [2.24, 2.45) is 0 Å². The number of benzene rings is 1. The highest BCUT2D eigenvalue weighted by molar-refractivity contribution is 6.03. The van der Waals surface area contributed by atoms with Crippen LogP contribution in [0.4, 0.5) is 5.69 Å². The molecule has 5 rings (SSSR count). The van der Waals surface area contributed by atoms with E-state index in [1.165, 1.54) is 0 Å². The molecule has 1 aliphatic rings. The molecular formula is C22H20N6O2. The van der Waals surface area contributed by atoms with Crippen molar-refractivity contribution in [3.05, 3.63) is 71.7 Å². The first-order valence-corrected chi connectivity index (χ1v) is 9.80. The van der Waals surface area contributed by atoms with Gasteiger partial charge in [-0.3, -0.25) is 9.36 Å². The molecule has 4 aromatic rings. The smallest absolute Gasteiger partial charge is 0.275 e. The lowest BCUT2D eigenvalue weighted by Gasteiger charge is -2.09. The Labute approximate surface area is 173 Å². The van der Waals surface area contributed by atoms with Crippen LogP contribution in [0.5, 0.6) is 0 Å². The van der Waals surface area contributed by atoms with Gasteiger partial charge in [0.1, 0.15) is 17.8 Å². The summed E-state index contributed by atoms with van der Waals surface area (Å²) < 4.78 is 7.09. The van der Waals surface area contributed by atoms with Crippen molar-refractivity contribution in [3.63, 3.8) is 0 Å². The van der Waals surface area contributed by atoms with Gasteiger partial charge in [-0.1, -0.05) is 17.3 Å². The van der Waals surface area contributed by atoms with Crippen LogP contribution in [0.25, 0.3) is 17.3 Å². The summed E-state index contributed by atoms with van der Waals surface area (Å²) in [5.41, 5.74) is 4.00. The first kappa shape index (κ1) is 18.2. The highest BCUT2D eigenvalue weighted by Gasteiger charge is 2.29. The summed E-state index contributed by atoms with van der Waals surface area (Å²) in [6, 6.07) is 9.45. The molecule has 0 spiro atoms. The molecule has 0 aliphatic heterocycles. The molecular weight excluding hydrogens is 380 g/mol. The van der Waals surface area contributed by atoms with Gasteiger partial charge in [-0.05, 0) is 56.0 Å². The largest absolute Gasteiger partial charge is 0.334 e. The zero-order valence-corrected chi connectivity index (χ0v) is 16.7. The summed E-state index contributed by atoms with van der Waals surface area (Å²) in [7, 11) is 0. The fraction of sp³-hybridized carbons (Fsp3) is 0.227. The van der Waals surface area contributed by atoms with E-state index in [1.807, 2.05) is 44.2 Å². The van der Waals surface area contributed by atoms with Crippen LogP contribution in [0.15, 0.2) is 53.6 Å². The molecule has 1 amide bonds. The second-order valence-corrected chi connectivity index (χ2v) is 7.50. The number of carbonyl (C=O) groups is 1. The summed E-state index contributed by atoms with van der Waals surface area (Å²) in [5.74, 6) is 1.99. The maximum absolute atomic E-state index is 12.6. The second kappa shape index (κ2) is 7.22. The molecule has 8 heteroatoms. The summed E-state index contributed by atoms with van der Waals surface area (Å²) in [5, 5.41) is 6.98. The quantitative estimate of drug-likeness (QED) is 0.542. The Bertz CT molecular complexity index is 1240. The molecule has 1 saturated carbocycles. The maximum Gasteiger partial charge on any atom is 0.275 e. The average Bonchev–Trinajstić information content (AvgIpc) is 3.28. The number of carbonyl (C=O) groups excluding carboxylic acids is 1. The fourth-order valence-electron chi connectivity index (χ4n) is 3.19. The van der Waals surface area contributed by atoms with E-state index in [0.717, 1.165) is 41.0 Å². The van der Waals surface area contributed by atoms with Crippen molar-refractivity contribution >= 4 is 11.6 Å². The van der Waals surface area contributed by atoms with Crippen molar-refractivity contribution in [1.82, 2.24) is 24.7 Å². The number of nitrogens with one attached hydrogen (secondary N) is 1. The third-order valence-corrected chi connectivity index (χ3v) is 5.31. The first-order valence-electron chi connectivity index (χ1n) is 9.80. The van der Waals surface area contributed by atoms with Crippen LogP contribution in [-0.4, -0.2) is 30.6 Å². The molecule has 0 saturated heterocycles. The number of nitrogens with zero attached hydrogens (tertiary/aromatic N) is 5. The predicted octanol–water partition coefficient (Wildman–Crippen LogP) is 4.06. The molecule has 8 nitrogen and oxygen atoms in total. The van der Waals surface area contributed by atoms with E-state index >= 15 is 0 Å². The minimum Gasteiger partial charge on any atom is -0.334 e. The van der Waals surface area contributed by atoms with Gasteiger partial charge in [-0.25, -0.2) is 9.97 Å². The number of hydrogen-bond donors (Lipinski definition) is 1. The number of rotatable bonds is 5. The number of hydrogen-bond acceptors (Lipinski definition) is 6. The Morgan fingerprint density at radius 3 is 2.90 bits per heavy atom. The first-order chi connectivity index (χ1) is 14.6. The SMILES string of the molecule is Cc1cccc(NC(=O)c2cn(-c3cc(-c4nc(C5CC5)no4)ccn3)cn2)c1C. The van der Waals surface area contributed by atoms with Gasteiger partial charge in [-0.15, -0.1) is 0 Å². The molecule has 1 fully saturated rings. The zero-order valence-electron chi connectivity index (χ0n) is 16.7. The number of anilines is 1. The Morgan fingerprint density at radius 1 is 1.20 bits per heavy atom. The monoisotopic (exact) mass is 400 g/mol. The molecule has 150 valence electrons. The molecule has 0 unspecified atom stereocenters. The van der Waals surface area contributed by atoms with Crippen LogP contribution in [0.3, 0.4) is 0 Å². The molecule has 1 aromatic carbocycles. The second-order valence-electron chi connectivity index (χ2n) is 7.50. The zero-order chi connectivity index (χ0) is 20.7. The third-order valence-electron chi connectivity index (χ3n) is 5.31. The van der Waals surface area contributed by atoms with E-state index < -0.39 is 0 Å². The maximum atomic E-state index is 12.6. The van der Waals surface area contributed by atoms with Crippen LogP contribution >= 0.6 is 0 Å². The van der Waals surface area contributed by atoms with E-state index in [0.29, 0.717) is 23.3 Å². The number of amides is 1. The van der Waals surface area contributed by atoms with Gasteiger partial charge in [0.05, 0.1) is 0 Å². The Kier molecular flexibility index (Phi) is 4.39. The van der Waals surface area contributed by atoms with E-state index in [4.69, 9.17) is 4.52 Å². The number of aromatic nitrogens is 5. The normalized spacial score (nSPS) is 13.4. The number of aryl methyl sites for hydroxylation is 1. The Morgan fingerprint density at radius 2 is 2.07 bits per heavy atom. The van der Waals surface area contributed by atoms with E-state index in [9.17, 15) is 4.79 Å². The van der Waals surface area contributed by atoms with Crippen molar-refractivity contribution in [2.75, 3.05) is 5.32 Å². The lowest BCUT2D eigenvalue weighted by molar-refractivity contribution is 0.102. The lowest BCUT2D eigenvalue weighted by Crippen LogP contribution is -2.13. The van der Waals surface area contributed by atoms with E-state index in [2.05, 4.69) is 25.4 Å². The molecule has 1 N–H and O–H groups in total. The molecule has 0 atom stereocenters. The standard InChI is InChI=1S/C22H20N6O2/c1-13-4-3-5-17(14(13)2)25-21(29)18-11-28(12-24-18)19-10-16(8-9-23-19)22-26-20(27-30-22)15-6-7-15/h3-5,8-12,15H,6-7H2,1-2H3,(H,25,29). The minimum atomic E-state index is -0.274. The summed E-state index contributed by atoms with van der Waals surface area (Å²) in [4.78, 5) is 25.7. The summed E-state index contributed by atoms with van der Waals surface area (Å²) >= 11 is 0. The highest BCUT2D eigenvalue weighted by atomic mass is 16.5. The molecule has 3 heterocycles. The molecule has 3 aromatic heterocycles. The van der Waals surface area contributed by atoms with Crippen molar-refractivity contribution < 1.29 is 9.32 Å². The molecule has 1 aliphatic carbocycles. The van der Waals surface area contributed by atoms with Gasteiger partial charge in [0.15, 0.2) is 5.82 Å². The van der Waals surface area contributed by atoms with Crippen molar-refractivity contribution in [2.45, 2.75) is 32.6 Å². The summed E-state index contributed by atoms with van der Waals surface area (Å²) in [6.45, 7) is 3.99. The van der Waals surface area contributed by atoms with Crippen molar-refractivity contribution in [3.8, 4) is 17.3 Å². The van der Waals surface area contributed by atoms with E-state index in [1.54, 1.807) is 23.3 Å². The van der Waals surface area contributed by atoms with Crippen molar-refractivity contribution in [1.29, 1.82) is 0 Å². The van der Waals surface area contributed by atoms with Gasteiger partial charge in [0, 0.05) is 29.6 Å². The van der Waals surface area contributed by atoms with Gasteiger partial charge in [0.2, 0.25) is 0 Å². The third kappa shape index (κ3) is 3.47. The lowest BCUT2D eigenvalue weighted by atomic mass is 10.1. The number of pyridine rings is 1. The topological polar surface area (TPSA) is 98.7 Å². The highest BCUT2D eigenvalue weighted by Crippen LogP contribution is 2.38. The van der Waals surface area contributed by atoms with Gasteiger partial charge in [0.25, 0.3) is 11.8 Å². The van der Waals surface area contributed by atoms with Crippen LogP contribution in [0.2, 0.25) is 0 Å².